The third kappa shape index (κ3) is 3.48. The normalized spacial score (nSPS) is 23.7. The van der Waals surface area contributed by atoms with E-state index in [4.69, 9.17) is 19.5 Å². The minimum atomic E-state index is -1.42. The third-order valence-corrected chi connectivity index (χ3v) is 3.39. The first-order valence-electron chi connectivity index (χ1n) is 6.34. The van der Waals surface area contributed by atoms with Gasteiger partial charge >= 0.3 is 7.12 Å². The van der Waals surface area contributed by atoms with Crippen molar-refractivity contribution < 1.29 is 19.5 Å². The van der Waals surface area contributed by atoms with E-state index in [0.717, 1.165) is 31.4 Å². The summed E-state index contributed by atoms with van der Waals surface area (Å²) in [6.07, 6.45) is 4.67. The van der Waals surface area contributed by atoms with Gasteiger partial charge in [0.05, 0.1) is 6.10 Å². The summed E-state index contributed by atoms with van der Waals surface area (Å²) in [7, 11) is 0.316. The average molecular weight is 250 g/mol. The van der Waals surface area contributed by atoms with Gasteiger partial charge in [0, 0.05) is 13.5 Å². The van der Waals surface area contributed by atoms with Gasteiger partial charge in [0.1, 0.15) is 11.9 Å². The van der Waals surface area contributed by atoms with Crippen molar-refractivity contribution in [3.63, 3.8) is 0 Å². The second-order valence-corrected chi connectivity index (χ2v) is 4.71. The molecule has 0 amide bonds. The zero-order valence-corrected chi connectivity index (χ0v) is 10.6. The minimum Gasteiger partial charge on any atom is -0.490 e. The van der Waals surface area contributed by atoms with Gasteiger partial charge in [-0.05, 0) is 36.9 Å². The molecule has 0 bridgehead atoms. The second-order valence-electron chi connectivity index (χ2n) is 4.71. The Hall–Kier alpha value is -1.04. The summed E-state index contributed by atoms with van der Waals surface area (Å²) in [5.41, 5.74) is 0.473. The number of hydrogen-bond donors (Lipinski definition) is 2. The zero-order chi connectivity index (χ0) is 13.0. The van der Waals surface area contributed by atoms with Gasteiger partial charge in [0.2, 0.25) is 0 Å². The van der Waals surface area contributed by atoms with Crippen LogP contribution in [0.3, 0.4) is 0 Å². The van der Waals surface area contributed by atoms with Crippen molar-refractivity contribution >= 4 is 12.6 Å². The first-order valence-corrected chi connectivity index (χ1v) is 6.34. The van der Waals surface area contributed by atoms with E-state index in [0.29, 0.717) is 11.6 Å². The molecule has 2 rings (SSSR count). The van der Waals surface area contributed by atoms with Gasteiger partial charge in [0.25, 0.3) is 0 Å². The predicted molar refractivity (Wildman–Crippen MR) is 69.9 cm³/mol. The van der Waals surface area contributed by atoms with E-state index in [1.165, 1.54) is 0 Å². The molecular formula is C13H19BO4. The Balaban J connectivity index is 1.92. The van der Waals surface area contributed by atoms with E-state index >= 15 is 0 Å². The molecule has 1 aliphatic carbocycles. The lowest BCUT2D eigenvalue weighted by molar-refractivity contribution is 0.0210. The van der Waals surface area contributed by atoms with Crippen molar-refractivity contribution in [3.05, 3.63) is 24.3 Å². The van der Waals surface area contributed by atoms with Crippen LogP contribution in [0.15, 0.2) is 24.3 Å². The van der Waals surface area contributed by atoms with Gasteiger partial charge in [0.15, 0.2) is 0 Å². The van der Waals surface area contributed by atoms with Crippen LogP contribution in [-0.2, 0) is 4.74 Å². The SMILES string of the molecule is COC1CCCC(Oc2ccc(B(O)O)cc2)C1. The maximum Gasteiger partial charge on any atom is 0.488 e. The van der Waals surface area contributed by atoms with Crippen molar-refractivity contribution in [1.82, 2.24) is 0 Å². The highest BCUT2D eigenvalue weighted by molar-refractivity contribution is 6.58. The molecule has 2 atom stereocenters. The first kappa shape index (κ1) is 13.4. The topological polar surface area (TPSA) is 58.9 Å². The molecule has 1 aromatic carbocycles. The Labute approximate surface area is 108 Å². The highest BCUT2D eigenvalue weighted by Crippen LogP contribution is 2.24. The van der Waals surface area contributed by atoms with E-state index < -0.39 is 7.12 Å². The van der Waals surface area contributed by atoms with Crippen molar-refractivity contribution in [2.75, 3.05) is 7.11 Å². The van der Waals surface area contributed by atoms with Crippen LogP contribution in [0, 0.1) is 0 Å². The summed E-state index contributed by atoms with van der Waals surface area (Å²) >= 11 is 0. The van der Waals surface area contributed by atoms with Crippen LogP contribution < -0.4 is 10.2 Å². The van der Waals surface area contributed by atoms with Gasteiger partial charge in [-0.3, -0.25) is 0 Å². The minimum absolute atomic E-state index is 0.189. The van der Waals surface area contributed by atoms with Crippen molar-refractivity contribution in [2.24, 2.45) is 0 Å². The molecule has 1 fully saturated rings. The maximum atomic E-state index is 9.00. The summed E-state index contributed by atoms with van der Waals surface area (Å²) < 4.78 is 11.2. The number of hydrogen-bond acceptors (Lipinski definition) is 4. The summed E-state index contributed by atoms with van der Waals surface area (Å²) in [5.74, 6) is 0.765. The molecule has 2 unspecified atom stereocenters. The van der Waals surface area contributed by atoms with Gasteiger partial charge in [-0.25, -0.2) is 0 Å². The molecule has 0 spiro atoms. The Morgan fingerprint density at radius 3 is 2.39 bits per heavy atom. The van der Waals surface area contributed by atoms with E-state index in [9.17, 15) is 0 Å². The van der Waals surface area contributed by atoms with E-state index in [2.05, 4.69) is 0 Å². The molecule has 0 aliphatic heterocycles. The molecule has 0 saturated heterocycles. The van der Waals surface area contributed by atoms with Crippen LogP contribution in [0.1, 0.15) is 25.7 Å². The fourth-order valence-electron chi connectivity index (χ4n) is 2.33. The van der Waals surface area contributed by atoms with Crippen LogP contribution in [0.25, 0.3) is 0 Å². The van der Waals surface area contributed by atoms with Crippen LogP contribution >= 0.6 is 0 Å². The van der Waals surface area contributed by atoms with E-state index in [1.54, 1.807) is 31.4 Å². The fourth-order valence-corrected chi connectivity index (χ4v) is 2.33. The van der Waals surface area contributed by atoms with Gasteiger partial charge in [-0.1, -0.05) is 12.1 Å². The van der Waals surface area contributed by atoms with E-state index in [1.807, 2.05) is 0 Å². The number of ether oxygens (including phenoxy) is 2. The van der Waals surface area contributed by atoms with Crippen LogP contribution in [0.4, 0.5) is 0 Å². The molecular weight excluding hydrogens is 231 g/mol. The van der Waals surface area contributed by atoms with Gasteiger partial charge in [-0.15, -0.1) is 0 Å². The van der Waals surface area contributed by atoms with Crippen molar-refractivity contribution in [1.29, 1.82) is 0 Å². The third-order valence-electron chi connectivity index (χ3n) is 3.39. The molecule has 0 aromatic heterocycles. The molecule has 5 heteroatoms. The largest absolute Gasteiger partial charge is 0.490 e. The van der Waals surface area contributed by atoms with Crippen LogP contribution in [0.2, 0.25) is 0 Å². The second kappa shape index (κ2) is 6.23. The molecule has 0 radical (unpaired) electrons. The number of rotatable bonds is 4. The fraction of sp³-hybridized carbons (Fsp3) is 0.538. The molecule has 0 heterocycles. The summed E-state index contributed by atoms with van der Waals surface area (Å²) in [5, 5.41) is 18.0. The zero-order valence-electron chi connectivity index (χ0n) is 10.6. The first-order chi connectivity index (χ1) is 8.69. The predicted octanol–water partition coefficient (Wildman–Crippen LogP) is 0.703. The standard InChI is InChI=1S/C13H19BO4/c1-17-12-3-2-4-13(9-12)18-11-7-5-10(6-8-11)14(15)16/h5-8,12-13,15-16H,2-4,9H2,1H3. The monoisotopic (exact) mass is 250 g/mol. The smallest absolute Gasteiger partial charge is 0.488 e. The van der Waals surface area contributed by atoms with Crippen LogP contribution in [0.5, 0.6) is 5.75 Å². The molecule has 1 aromatic rings. The molecule has 1 saturated carbocycles. The summed E-state index contributed by atoms with van der Waals surface area (Å²) in [6, 6.07) is 6.86. The highest BCUT2D eigenvalue weighted by Gasteiger charge is 2.23. The molecule has 2 N–H and O–H groups in total. The lowest BCUT2D eigenvalue weighted by Crippen LogP contribution is -2.30. The Morgan fingerprint density at radius 1 is 1.11 bits per heavy atom. The summed E-state index contributed by atoms with van der Waals surface area (Å²) in [6.45, 7) is 0. The number of benzene rings is 1. The Morgan fingerprint density at radius 2 is 1.78 bits per heavy atom. The van der Waals surface area contributed by atoms with Gasteiger partial charge in [-0.2, -0.15) is 0 Å². The lowest BCUT2D eigenvalue weighted by Gasteiger charge is -2.28. The molecule has 1 aliphatic rings. The molecule has 98 valence electrons. The Bertz CT molecular complexity index is 366. The van der Waals surface area contributed by atoms with E-state index in [-0.39, 0.29) is 6.10 Å². The quantitative estimate of drug-likeness (QED) is 0.772. The average Bonchev–Trinajstić information content (AvgIpc) is 2.39. The highest BCUT2D eigenvalue weighted by atomic mass is 16.5. The van der Waals surface area contributed by atoms with Crippen molar-refractivity contribution in [2.45, 2.75) is 37.9 Å². The lowest BCUT2D eigenvalue weighted by atomic mass is 9.80. The molecule has 18 heavy (non-hydrogen) atoms. The van der Waals surface area contributed by atoms with Crippen molar-refractivity contribution in [3.8, 4) is 5.75 Å². The summed E-state index contributed by atoms with van der Waals surface area (Å²) in [4.78, 5) is 0. The van der Waals surface area contributed by atoms with Gasteiger partial charge < -0.3 is 19.5 Å². The Kier molecular flexibility index (Phi) is 4.63. The maximum absolute atomic E-state index is 9.00. The van der Waals surface area contributed by atoms with Crippen LogP contribution in [-0.4, -0.2) is 36.5 Å². The number of methoxy groups -OCH3 is 1. The molecule has 4 nitrogen and oxygen atoms in total.